The van der Waals surface area contributed by atoms with Crippen LogP contribution in [0.1, 0.15) is 20.7 Å². The second kappa shape index (κ2) is 6.67. The molecule has 0 spiro atoms. The Bertz CT molecular complexity index is 626. The van der Waals surface area contributed by atoms with Crippen LogP contribution in [0.4, 0.5) is 0 Å². The summed E-state index contributed by atoms with van der Waals surface area (Å²) in [6.07, 6.45) is 0. The van der Waals surface area contributed by atoms with Gasteiger partial charge in [-0.25, -0.2) is 9.59 Å². The summed E-state index contributed by atoms with van der Waals surface area (Å²) in [5, 5.41) is 0.298. The lowest BCUT2D eigenvalue weighted by molar-refractivity contribution is 0.0398. The fourth-order valence-corrected chi connectivity index (χ4v) is 2.68. The fourth-order valence-electron chi connectivity index (χ4n) is 1.57. The molecule has 0 aromatic heterocycles. The van der Waals surface area contributed by atoms with Crippen LogP contribution in [0.5, 0.6) is 0 Å². The quantitative estimate of drug-likeness (QED) is 0.537. The third kappa shape index (κ3) is 3.50. The molecule has 0 aliphatic carbocycles. The third-order valence-electron chi connectivity index (χ3n) is 2.52. The van der Waals surface area contributed by atoms with E-state index < -0.39 is 11.9 Å². The van der Waals surface area contributed by atoms with E-state index in [1.54, 1.807) is 12.1 Å². The van der Waals surface area contributed by atoms with Crippen molar-refractivity contribution < 1.29 is 14.3 Å². The Morgan fingerprint density at radius 3 is 1.24 bits per heavy atom. The van der Waals surface area contributed by atoms with Crippen LogP contribution in [-0.2, 0) is 4.74 Å². The molecule has 3 nitrogen and oxygen atoms in total. The maximum atomic E-state index is 12.0. The summed E-state index contributed by atoms with van der Waals surface area (Å²) in [6, 6.07) is 8.95. The highest BCUT2D eigenvalue weighted by molar-refractivity contribution is 6.41. The number of halogens is 4. The number of carbonyl (C=O) groups is 2. The van der Waals surface area contributed by atoms with E-state index >= 15 is 0 Å². The Morgan fingerprint density at radius 1 is 0.667 bits per heavy atom. The highest BCUT2D eigenvalue weighted by atomic mass is 35.5. The predicted octanol–water partition coefficient (Wildman–Crippen LogP) is 5.30. The van der Waals surface area contributed by atoms with E-state index in [-0.39, 0.29) is 31.2 Å². The van der Waals surface area contributed by atoms with E-state index in [2.05, 4.69) is 0 Å². The molecule has 0 saturated heterocycles. The van der Waals surface area contributed by atoms with Gasteiger partial charge in [-0.1, -0.05) is 58.5 Å². The zero-order valence-corrected chi connectivity index (χ0v) is 13.2. The largest absolute Gasteiger partial charge is 0.386 e. The molecule has 0 saturated carbocycles. The molecule has 0 N–H and O–H groups in total. The molecular weight excluding hydrogens is 358 g/mol. The summed E-state index contributed by atoms with van der Waals surface area (Å²) in [6.45, 7) is 0. The van der Waals surface area contributed by atoms with Crippen LogP contribution in [0.15, 0.2) is 36.4 Å². The van der Waals surface area contributed by atoms with Gasteiger partial charge in [-0.05, 0) is 24.3 Å². The second-order valence-corrected chi connectivity index (χ2v) is 5.50. The zero-order chi connectivity index (χ0) is 15.6. The standard InChI is InChI=1S/C14H6Cl4O3/c15-7-3-1-4-8(16)11(7)13(19)21-14(20)12-9(17)5-2-6-10(12)18/h1-6H. The number of hydrogen-bond donors (Lipinski definition) is 0. The van der Waals surface area contributed by atoms with E-state index in [4.69, 9.17) is 51.1 Å². The number of esters is 2. The molecule has 0 heterocycles. The summed E-state index contributed by atoms with van der Waals surface area (Å²) in [7, 11) is 0. The van der Waals surface area contributed by atoms with E-state index in [1.165, 1.54) is 24.3 Å². The lowest BCUT2D eigenvalue weighted by atomic mass is 10.2. The number of carbonyl (C=O) groups excluding carboxylic acids is 2. The molecular formula is C14H6Cl4O3. The van der Waals surface area contributed by atoms with Crippen LogP contribution in [0.3, 0.4) is 0 Å². The molecule has 0 aliphatic rings. The van der Waals surface area contributed by atoms with Gasteiger partial charge in [0.2, 0.25) is 0 Å². The molecule has 2 aromatic rings. The first kappa shape index (κ1) is 16.1. The summed E-state index contributed by atoms with van der Waals surface area (Å²) in [5.41, 5.74) is -0.199. The fraction of sp³-hybridized carbons (Fsp3) is 0. The summed E-state index contributed by atoms with van der Waals surface area (Å²) < 4.78 is 4.73. The van der Waals surface area contributed by atoms with Crippen molar-refractivity contribution in [2.45, 2.75) is 0 Å². The molecule has 2 rings (SSSR count). The predicted molar refractivity (Wildman–Crippen MR) is 82.7 cm³/mol. The van der Waals surface area contributed by atoms with Crippen molar-refractivity contribution in [3.05, 3.63) is 67.6 Å². The Labute approximate surface area is 140 Å². The maximum absolute atomic E-state index is 12.0. The Morgan fingerprint density at radius 2 is 0.952 bits per heavy atom. The average Bonchev–Trinajstić information content (AvgIpc) is 2.38. The van der Waals surface area contributed by atoms with Crippen LogP contribution in [0.25, 0.3) is 0 Å². The van der Waals surface area contributed by atoms with Crippen molar-refractivity contribution >= 4 is 58.3 Å². The Hall–Kier alpha value is -1.26. The van der Waals surface area contributed by atoms with Crippen molar-refractivity contribution in [3.8, 4) is 0 Å². The lowest BCUT2D eigenvalue weighted by Crippen LogP contribution is -2.14. The van der Waals surface area contributed by atoms with Gasteiger partial charge in [0.05, 0.1) is 31.2 Å². The number of hydrogen-bond acceptors (Lipinski definition) is 3. The topological polar surface area (TPSA) is 43.4 Å². The first-order valence-electron chi connectivity index (χ1n) is 5.56. The second-order valence-electron chi connectivity index (χ2n) is 3.87. The minimum absolute atomic E-state index is 0.0746. The van der Waals surface area contributed by atoms with Crippen molar-refractivity contribution in [2.75, 3.05) is 0 Å². The highest BCUT2D eigenvalue weighted by Gasteiger charge is 2.23. The minimum atomic E-state index is -0.980. The first-order valence-corrected chi connectivity index (χ1v) is 7.07. The molecule has 0 aliphatic heterocycles. The van der Waals surface area contributed by atoms with Gasteiger partial charge in [0.15, 0.2) is 0 Å². The smallest absolute Gasteiger partial charge is 0.349 e. The molecule has 0 fully saturated rings. The van der Waals surface area contributed by atoms with Crippen molar-refractivity contribution in [1.29, 1.82) is 0 Å². The van der Waals surface area contributed by atoms with E-state index in [0.29, 0.717) is 0 Å². The Balaban J connectivity index is 2.30. The van der Waals surface area contributed by atoms with Crippen LogP contribution in [0, 0.1) is 0 Å². The monoisotopic (exact) mass is 362 g/mol. The molecule has 0 atom stereocenters. The minimum Gasteiger partial charge on any atom is -0.386 e. The number of ether oxygens (including phenoxy) is 1. The number of benzene rings is 2. The normalized spacial score (nSPS) is 10.3. The van der Waals surface area contributed by atoms with Gasteiger partial charge >= 0.3 is 11.9 Å². The summed E-state index contributed by atoms with van der Waals surface area (Å²) >= 11 is 23.5. The molecule has 21 heavy (non-hydrogen) atoms. The third-order valence-corrected chi connectivity index (χ3v) is 3.78. The maximum Gasteiger partial charge on any atom is 0.349 e. The van der Waals surface area contributed by atoms with Crippen molar-refractivity contribution in [2.24, 2.45) is 0 Å². The van der Waals surface area contributed by atoms with Crippen LogP contribution in [-0.4, -0.2) is 11.9 Å². The molecule has 0 radical (unpaired) electrons. The van der Waals surface area contributed by atoms with E-state index in [1.807, 2.05) is 0 Å². The average molecular weight is 364 g/mol. The lowest BCUT2D eigenvalue weighted by Gasteiger charge is -2.08. The zero-order valence-electron chi connectivity index (χ0n) is 10.2. The molecule has 0 amide bonds. The van der Waals surface area contributed by atoms with E-state index in [9.17, 15) is 9.59 Å². The highest BCUT2D eigenvalue weighted by Crippen LogP contribution is 2.28. The Kier molecular flexibility index (Phi) is 5.12. The van der Waals surface area contributed by atoms with Gasteiger partial charge in [-0.3, -0.25) is 0 Å². The van der Waals surface area contributed by atoms with Crippen LogP contribution in [0.2, 0.25) is 20.1 Å². The van der Waals surface area contributed by atoms with Gasteiger partial charge in [0.1, 0.15) is 0 Å². The molecule has 7 heteroatoms. The van der Waals surface area contributed by atoms with Crippen LogP contribution >= 0.6 is 46.4 Å². The molecule has 108 valence electrons. The SMILES string of the molecule is O=C(OC(=O)c1c(Cl)cccc1Cl)c1c(Cl)cccc1Cl. The van der Waals surface area contributed by atoms with Crippen molar-refractivity contribution in [3.63, 3.8) is 0 Å². The summed E-state index contributed by atoms with van der Waals surface area (Å²) in [4.78, 5) is 24.0. The van der Waals surface area contributed by atoms with Gasteiger partial charge < -0.3 is 4.74 Å². The molecule has 0 unspecified atom stereocenters. The van der Waals surface area contributed by atoms with Gasteiger partial charge in [-0.15, -0.1) is 0 Å². The van der Waals surface area contributed by atoms with Gasteiger partial charge in [-0.2, -0.15) is 0 Å². The number of rotatable bonds is 2. The molecule has 0 bridgehead atoms. The van der Waals surface area contributed by atoms with Crippen molar-refractivity contribution in [1.82, 2.24) is 0 Å². The van der Waals surface area contributed by atoms with Gasteiger partial charge in [0, 0.05) is 0 Å². The summed E-state index contributed by atoms with van der Waals surface area (Å²) in [5.74, 6) is -1.96. The van der Waals surface area contributed by atoms with Gasteiger partial charge in [0.25, 0.3) is 0 Å². The van der Waals surface area contributed by atoms with E-state index in [0.717, 1.165) is 0 Å². The molecule has 2 aromatic carbocycles. The first-order chi connectivity index (χ1) is 9.91. The van der Waals surface area contributed by atoms with Crippen LogP contribution < -0.4 is 0 Å².